The van der Waals surface area contributed by atoms with Crippen LogP contribution in [0.3, 0.4) is 0 Å². The standard InChI is InChI=1S/C18H26N6O2S/c1-2-22-10-6-7-13(22)12-19-16(26)14-11-15(25)20-17-24(14)21-18(27-17)23-8-4-3-5-9-23/h11,13H,2-10,12H2,1H3,(H,19,26)/t13-/m0/s1. The average Bonchev–Trinajstić information content (AvgIpc) is 3.32. The van der Waals surface area contributed by atoms with Gasteiger partial charge in [0.1, 0.15) is 5.69 Å². The number of piperidine rings is 1. The Morgan fingerprint density at radius 1 is 1.26 bits per heavy atom. The smallest absolute Gasteiger partial charge is 0.274 e. The number of nitrogens with one attached hydrogen (secondary N) is 1. The van der Waals surface area contributed by atoms with Gasteiger partial charge in [-0.3, -0.25) is 14.5 Å². The third kappa shape index (κ3) is 3.84. The molecule has 2 saturated heterocycles. The van der Waals surface area contributed by atoms with Gasteiger partial charge in [-0.05, 0) is 45.2 Å². The van der Waals surface area contributed by atoms with Crippen LogP contribution in [0.15, 0.2) is 10.9 Å². The highest BCUT2D eigenvalue weighted by molar-refractivity contribution is 7.20. The molecule has 2 fully saturated rings. The zero-order valence-corrected chi connectivity index (χ0v) is 16.5. The first-order valence-corrected chi connectivity index (χ1v) is 10.7. The minimum Gasteiger partial charge on any atom is -0.349 e. The Morgan fingerprint density at radius 2 is 2.07 bits per heavy atom. The van der Waals surface area contributed by atoms with Crippen molar-refractivity contribution in [3.05, 3.63) is 22.1 Å². The van der Waals surface area contributed by atoms with E-state index in [1.54, 1.807) is 0 Å². The van der Waals surface area contributed by atoms with E-state index in [2.05, 4.69) is 32.1 Å². The largest absolute Gasteiger partial charge is 0.349 e. The zero-order valence-electron chi connectivity index (χ0n) is 15.7. The fourth-order valence-corrected chi connectivity index (χ4v) is 4.98. The first-order valence-electron chi connectivity index (χ1n) is 9.84. The molecule has 0 aliphatic carbocycles. The molecule has 9 heteroatoms. The maximum atomic E-state index is 12.8. The van der Waals surface area contributed by atoms with Gasteiger partial charge in [-0.2, -0.15) is 9.50 Å². The van der Waals surface area contributed by atoms with E-state index in [1.807, 2.05) is 0 Å². The van der Waals surface area contributed by atoms with Gasteiger partial charge < -0.3 is 10.2 Å². The highest BCUT2D eigenvalue weighted by atomic mass is 32.1. The van der Waals surface area contributed by atoms with E-state index in [0.29, 0.717) is 17.5 Å². The second kappa shape index (κ2) is 7.93. The van der Waals surface area contributed by atoms with Crippen LogP contribution in [0, 0.1) is 0 Å². The summed E-state index contributed by atoms with van der Waals surface area (Å²) in [4.78, 5) is 33.9. The predicted octanol–water partition coefficient (Wildman–Crippen LogP) is 1.36. The summed E-state index contributed by atoms with van der Waals surface area (Å²) in [5, 5.41) is 8.42. The van der Waals surface area contributed by atoms with Gasteiger partial charge in [0, 0.05) is 31.7 Å². The molecule has 1 N–H and O–H groups in total. The number of rotatable bonds is 5. The van der Waals surface area contributed by atoms with Crippen LogP contribution in [0.4, 0.5) is 5.13 Å². The minimum absolute atomic E-state index is 0.261. The fourth-order valence-electron chi connectivity index (χ4n) is 4.02. The molecular formula is C18H26N6O2S. The molecule has 0 bridgehead atoms. The van der Waals surface area contributed by atoms with Gasteiger partial charge in [-0.1, -0.05) is 18.3 Å². The quantitative estimate of drug-likeness (QED) is 0.830. The first-order chi connectivity index (χ1) is 13.2. The van der Waals surface area contributed by atoms with Crippen LogP contribution in [0.2, 0.25) is 0 Å². The third-order valence-electron chi connectivity index (χ3n) is 5.51. The summed E-state index contributed by atoms with van der Waals surface area (Å²) in [6.45, 7) is 6.73. The van der Waals surface area contributed by atoms with Crippen molar-refractivity contribution in [2.75, 3.05) is 37.6 Å². The minimum atomic E-state index is -0.398. The van der Waals surface area contributed by atoms with Crippen molar-refractivity contribution >= 4 is 27.3 Å². The molecule has 8 nitrogen and oxygen atoms in total. The number of likely N-dealkylation sites (N-methyl/N-ethyl adjacent to an activating group) is 1. The molecule has 4 rings (SSSR count). The molecule has 0 spiro atoms. The number of aromatic nitrogens is 3. The Bertz CT molecular complexity index is 872. The molecule has 0 saturated carbocycles. The summed E-state index contributed by atoms with van der Waals surface area (Å²) in [5.41, 5.74) is -0.129. The normalized spacial score (nSPS) is 21.1. The van der Waals surface area contributed by atoms with Crippen LogP contribution < -0.4 is 15.8 Å². The Hall–Kier alpha value is -2.00. The fraction of sp³-hybridized carbons (Fsp3) is 0.667. The number of fused-ring (bicyclic) bond motifs is 1. The van der Waals surface area contributed by atoms with Crippen molar-refractivity contribution in [1.29, 1.82) is 0 Å². The number of nitrogens with zero attached hydrogens (tertiary/aromatic N) is 5. The van der Waals surface area contributed by atoms with E-state index in [9.17, 15) is 9.59 Å². The van der Waals surface area contributed by atoms with Crippen molar-refractivity contribution in [3.8, 4) is 0 Å². The van der Waals surface area contributed by atoms with E-state index in [4.69, 9.17) is 0 Å². The number of hydrogen-bond acceptors (Lipinski definition) is 7. The SMILES string of the molecule is CCN1CCC[C@H]1CNC(=O)c1cc(=O)nc2sc(N3CCCCC3)nn12. The van der Waals surface area contributed by atoms with Crippen LogP contribution in [-0.4, -0.2) is 64.2 Å². The number of amides is 1. The summed E-state index contributed by atoms with van der Waals surface area (Å²) in [7, 11) is 0. The molecule has 2 aliphatic heterocycles. The molecule has 4 heterocycles. The molecule has 0 unspecified atom stereocenters. The van der Waals surface area contributed by atoms with Gasteiger partial charge in [0.25, 0.3) is 11.5 Å². The summed E-state index contributed by atoms with van der Waals surface area (Å²) in [6.07, 6.45) is 5.78. The van der Waals surface area contributed by atoms with Crippen molar-refractivity contribution in [1.82, 2.24) is 24.8 Å². The summed E-state index contributed by atoms with van der Waals surface area (Å²) in [5.74, 6) is -0.261. The molecule has 146 valence electrons. The highest BCUT2D eigenvalue weighted by Gasteiger charge is 2.25. The Balaban J connectivity index is 1.55. The lowest BCUT2D eigenvalue weighted by Crippen LogP contribution is -2.40. The maximum absolute atomic E-state index is 12.8. The lowest BCUT2D eigenvalue weighted by Gasteiger charge is -2.25. The third-order valence-corrected chi connectivity index (χ3v) is 6.48. The second-order valence-electron chi connectivity index (χ2n) is 7.24. The topological polar surface area (TPSA) is 82.8 Å². The molecule has 2 aromatic rings. The second-order valence-corrected chi connectivity index (χ2v) is 8.18. The van der Waals surface area contributed by atoms with E-state index in [0.717, 1.165) is 50.6 Å². The molecule has 2 aliphatic rings. The van der Waals surface area contributed by atoms with Gasteiger partial charge in [0.05, 0.1) is 0 Å². The van der Waals surface area contributed by atoms with Crippen LogP contribution in [0.25, 0.3) is 4.96 Å². The van der Waals surface area contributed by atoms with Gasteiger partial charge in [-0.15, -0.1) is 5.10 Å². The zero-order chi connectivity index (χ0) is 18.8. The maximum Gasteiger partial charge on any atom is 0.274 e. The number of likely N-dealkylation sites (tertiary alicyclic amines) is 1. The predicted molar refractivity (Wildman–Crippen MR) is 106 cm³/mol. The van der Waals surface area contributed by atoms with Gasteiger partial charge in [-0.25, -0.2) is 0 Å². The number of anilines is 1. The lowest BCUT2D eigenvalue weighted by molar-refractivity contribution is 0.0933. The summed E-state index contributed by atoms with van der Waals surface area (Å²) < 4.78 is 1.53. The molecule has 1 atom stereocenters. The Labute approximate surface area is 162 Å². The molecule has 1 amide bonds. The number of carbonyl (C=O) groups excluding carboxylic acids is 1. The van der Waals surface area contributed by atoms with Gasteiger partial charge in [0.2, 0.25) is 10.1 Å². The van der Waals surface area contributed by atoms with Gasteiger partial charge >= 0.3 is 0 Å². The van der Waals surface area contributed by atoms with Crippen molar-refractivity contribution in [3.63, 3.8) is 0 Å². The monoisotopic (exact) mass is 390 g/mol. The van der Waals surface area contributed by atoms with Crippen molar-refractivity contribution in [2.24, 2.45) is 0 Å². The highest BCUT2D eigenvalue weighted by Crippen LogP contribution is 2.25. The average molecular weight is 391 g/mol. The van der Waals surface area contributed by atoms with Crippen LogP contribution in [0.1, 0.15) is 49.5 Å². The number of hydrogen-bond donors (Lipinski definition) is 1. The van der Waals surface area contributed by atoms with Crippen molar-refractivity contribution < 1.29 is 4.79 Å². The van der Waals surface area contributed by atoms with Crippen LogP contribution >= 0.6 is 11.3 Å². The van der Waals surface area contributed by atoms with Gasteiger partial charge in [0.15, 0.2) is 0 Å². The van der Waals surface area contributed by atoms with Crippen LogP contribution in [0.5, 0.6) is 0 Å². The molecular weight excluding hydrogens is 364 g/mol. The van der Waals surface area contributed by atoms with E-state index in [1.165, 1.54) is 34.8 Å². The summed E-state index contributed by atoms with van der Waals surface area (Å²) >= 11 is 1.38. The van der Waals surface area contributed by atoms with Crippen molar-refractivity contribution in [2.45, 2.75) is 45.1 Å². The first kappa shape index (κ1) is 18.4. The Kier molecular flexibility index (Phi) is 5.40. The molecule has 0 radical (unpaired) electrons. The molecule has 0 aromatic carbocycles. The molecule has 27 heavy (non-hydrogen) atoms. The van der Waals surface area contributed by atoms with E-state index in [-0.39, 0.29) is 11.6 Å². The van der Waals surface area contributed by atoms with E-state index < -0.39 is 5.56 Å². The number of carbonyl (C=O) groups is 1. The lowest BCUT2D eigenvalue weighted by atomic mass is 10.1. The Morgan fingerprint density at radius 3 is 2.85 bits per heavy atom. The van der Waals surface area contributed by atoms with E-state index >= 15 is 0 Å². The summed E-state index contributed by atoms with van der Waals surface area (Å²) in [6, 6.07) is 1.65. The van der Waals surface area contributed by atoms with Crippen LogP contribution in [-0.2, 0) is 0 Å². The molecule has 2 aromatic heterocycles.